The number of benzene rings is 2. The van der Waals surface area contributed by atoms with Gasteiger partial charge in [0.1, 0.15) is 5.75 Å². The van der Waals surface area contributed by atoms with Gasteiger partial charge in [0.05, 0.1) is 22.7 Å². The summed E-state index contributed by atoms with van der Waals surface area (Å²) in [6.45, 7) is 2.39. The largest absolute Gasteiger partial charge is 0.462 e. The Kier molecular flexibility index (Phi) is 6.84. The van der Waals surface area contributed by atoms with E-state index in [4.69, 9.17) is 9.47 Å². The quantitative estimate of drug-likeness (QED) is 0.231. The molecule has 0 amide bonds. The summed E-state index contributed by atoms with van der Waals surface area (Å²) in [5.41, 5.74) is 0.351. The minimum Gasteiger partial charge on any atom is -0.462 e. The van der Waals surface area contributed by atoms with Gasteiger partial charge in [0, 0.05) is 12.1 Å². The van der Waals surface area contributed by atoms with E-state index in [1.54, 1.807) is 12.1 Å². The molecule has 0 saturated carbocycles. The predicted molar refractivity (Wildman–Crippen MR) is 94.3 cm³/mol. The molecule has 0 aromatic heterocycles. The number of carbonyl (C=O) groups excluding carboxylic acids is 2. The second-order valence-corrected chi connectivity index (χ2v) is 5.56. The van der Waals surface area contributed by atoms with Crippen LogP contribution in [0, 0.1) is 10.1 Å². The molecule has 26 heavy (non-hydrogen) atoms. The molecule has 0 unspecified atom stereocenters. The average Bonchev–Trinajstić information content (AvgIpc) is 2.65. The number of non-ortho nitro benzene ring substituents is 1. The Hall–Kier alpha value is -3.22. The molecule has 0 N–H and O–H groups in total. The van der Waals surface area contributed by atoms with Gasteiger partial charge in [-0.3, -0.25) is 10.1 Å². The maximum Gasteiger partial charge on any atom is 0.343 e. The lowest BCUT2D eigenvalue weighted by Crippen LogP contribution is -2.11. The van der Waals surface area contributed by atoms with Crippen LogP contribution in [0.4, 0.5) is 5.69 Å². The lowest BCUT2D eigenvalue weighted by molar-refractivity contribution is -0.384. The highest BCUT2D eigenvalue weighted by molar-refractivity contribution is 5.96. The van der Waals surface area contributed by atoms with Gasteiger partial charge in [-0.1, -0.05) is 25.8 Å². The number of hydrogen-bond acceptors (Lipinski definition) is 6. The highest BCUT2D eigenvalue weighted by Gasteiger charge is 2.14. The van der Waals surface area contributed by atoms with Crippen LogP contribution >= 0.6 is 0 Å². The van der Waals surface area contributed by atoms with Gasteiger partial charge in [-0.15, -0.1) is 0 Å². The van der Waals surface area contributed by atoms with Crippen LogP contribution in [0.2, 0.25) is 0 Å². The molecular weight excluding hydrogens is 338 g/mol. The molecular formula is C19H19NO6. The van der Waals surface area contributed by atoms with Gasteiger partial charge in [-0.05, 0) is 36.8 Å². The SMILES string of the molecule is CCCCCOC(=O)c1cccc(C(=O)Oc2ccc([N+](=O)[O-])cc2)c1. The highest BCUT2D eigenvalue weighted by atomic mass is 16.6. The van der Waals surface area contributed by atoms with Crippen LogP contribution in [0.1, 0.15) is 46.9 Å². The summed E-state index contributed by atoms with van der Waals surface area (Å²) >= 11 is 0. The topological polar surface area (TPSA) is 95.7 Å². The van der Waals surface area contributed by atoms with Gasteiger partial charge in [-0.2, -0.15) is 0 Å². The minimum absolute atomic E-state index is 0.0994. The number of nitro benzene ring substituents is 1. The first-order valence-corrected chi connectivity index (χ1v) is 8.25. The number of nitrogens with zero attached hydrogens (tertiary/aromatic N) is 1. The molecule has 0 aliphatic carbocycles. The summed E-state index contributed by atoms with van der Waals surface area (Å²) in [5.74, 6) is -0.987. The normalized spacial score (nSPS) is 10.2. The van der Waals surface area contributed by atoms with E-state index in [-0.39, 0.29) is 22.6 Å². The van der Waals surface area contributed by atoms with Crippen molar-refractivity contribution in [3.63, 3.8) is 0 Å². The van der Waals surface area contributed by atoms with Crippen molar-refractivity contribution in [3.8, 4) is 5.75 Å². The maximum absolute atomic E-state index is 12.2. The van der Waals surface area contributed by atoms with E-state index in [1.807, 2.05) is 0 Å². The average molecular weight is 357 g/mol. The van der Waals surface area contributed by atoms with Gasteiger partial charge in [0.15, 0.2) is 0 Å². The monoisotopic (exact) mass is 357 g/mol. The number of hydrogen-bond donors (Lipinski definition) is 0. The third-order valence-electron chi connectivity index (χ3n) is 3.57. The molecule has 0 spiro atoms. The number of rotatable bonds is 8. The molecule has 0 atom stereocenters. The Morgan fingerprint density at radius 3 is 2.27 bits per heavy atom. The first-order chi connectivity index (χ1) is 12.5. The summed E-state index contributed by atoms with van der Waals surface area (Å²) in [5, 5.41) is 10.6. The number of esters is 2. The Bertz CT molecular complexity index is 785. The van der Waals surface area contributed by atoms with Gasteiger partial charge < -0.3 is 9.47 Å². The third-order valence-corrected chi connectivity index (χ3v) is 3.57. The van der Waals surface area contributed by atoms with E-state index in [0.29, 0.717) is 6.61 Å². The first kappa shape index (κ1) is 19.1. The van der Waals surface area contributed by atoms with Crippen molar-refractivity contribution >= 4 is 17.6 Å². The molecule has 0 aliphatic heterocycles. The summed E-state index contributed by atoms with van der Waals surface area (Å²) in [4.78, 5) is 34.3. The fourth-order valence-electron chi connectivity index (χ4n) is 2.18. The van der Waals surface area contributed by atoms with E-state index in [1.165, 1.54) is 36.4 Å². The van der Waals surface area contributed by atoms with Gasteiger partial charge >= 0.3 is 11.9 Å². The highest BCUT2D eigenvalue weighted by Crippen LogP contribution is 2.19. The number of unbranched alkanes of at least 4 members (excludes halogenated alkanes) is 2. The Morgan fingerprint density at radius 2 is 1.65 bits per heavy atom. The molecule has 0 bridgehead atoms. The third kappa shape index (κ3) is 5.41. The van der Waals surface area contributed by atoms with E-state index >= 15 is 0 Å². The van der Waals surface area contributed by atoms with Gasteiger partial charge in [0.2, 0.25) is 0 Å². The number of ether oxygens (including phenoxy) is 2. The molecule has 0 radical (unpaired) electrons. The fourth-order valence-corrected chi connectivity index (χ4v) is 2.18. The van der Waals surface area contributed by atoms with Crippen molar-refractivity contribution in [3.05, 3.63) is 69.8 Å². The van der Waals surface area contributed by atoms with Crippen molar-refractivity contribution in [1.82, 2.24) is 0 Å². The molecule has 0 heterocycles. The van der Waals surface area contributed by atoms with Crippen LogP contribution in [0.5, 0.6) is 5.75 Å². The first-order valence-electron chi connectivity index (χ1n) is 8.25. The van der Waals surface area contributed by atoms with Crippen molar-refractivity contribution in [2.45, 2.75) is 26.2 Å². The van der Waals surface area contributed by atoms with Crippen molar-refractivity contribution in [2.75, 3.05) is 6.61 Å². The van der Waals surface area contributed by atoms with Crippen LogP contribution in [0.15, 0.2) is 48.5 Å². The molecule has 0 aliphatic rings. The van der Waals surface area contributed by atoms with Gasteiger partial charge in [0.25, 0.3) is 5.69 Å². The van der Waals surface area contributed by atoms with Crippen LogP contribution in [0.3, 0.4) is 0 Å². The Morgan fingerprint density at radius 1 is 1.00 bits per heavy atom. The smallest absolute Gasteiger partial charge is 0.343 e. The second kappa shape index (κ2) is 9.31. The Labute approximate surface area is 150 Å². The minimum atomic E-state index is -0.667. The van der Waals surface area contributed by atoms with Crippen LogP contribution < -0.4 is 4.74 Å². The lowest BCUT2D eigenvalue weighted by atomic mass is 10.1. The predicted octanol–water partition coefficient (Wildman–Crippen LogP) is 4.16. The fraction of sp³-hybridized carbons (Fsp3) is 0.263. The van der Waals surface area contributed by atoms with Crippen LogP contribution in [-0.4, -0.2) is 23.5 Å². The van der Waals surface area contributed by atoms with Crippen molar-refractivity contribution in [2.24, 2.45) is 0 Å². The van der Waals surface area contributed by atoms with Crippen molar-refractivity contribution in [1.29, 1.82) is 0 Å². The number of carbonyl (C=O) groups is 2. The van der Waals surface area contributed by atoms with E-state index in [2.05, 4.69) is 6.92 Å². The Balaban J connectivity index is 2.00. The summed E-state index contributed by atoms with van der Waals surface area (Å²) in [7, 11) is 0. The zero-order valence-corrected chi connectivity index (χ0v) is 14.3. The molecule has 136 valence electrons. The molecule has 2 aromatic carbocycles. The molecule has 2 aromatic rings. The van der Waals surface area contributed by atoms with Crippen molar-refractivity contribution < 1.29 is 24.0 Å². The summed E-state index contributed by atoms with van der Waals surface area (Å²) in [6.07, 6.45) is 2.81. The second-order valence-electron chi connectivity index (χ2n) is 5.56. The van der Waals surface area contributed by atoms with E-state index < -0.39 is 16.9 Å². The molecule has 2 rings (SSSR count). The summed E-state index contributed by atoms with van der Waals surface area (Å²) in [6, 6.07) is 11.2. The molecule has 0 saturated heterocycles. The van der Waals surface area contributed by atoms with E-state index in [9.17, 15) is 19.7 Å². The lowest BCUT2D eigenvalue weighted by Gasteiger charge is -2.07. The van der Waals surface area contributed by atoms with Gasteiger partial charge in [-0.25, -0.2) is 9.59 Å². The van der Waals surface area contributed by atoms with Crippen LogP contribution in [-0.2, 0) is 4.74 Å². The maximum atomic E-state index is 12.2. The molecule has 7 heteroatoms. The molecule has 0 fully saturated rings. The van der Waals surface area contributed by atoms with Crippen LogP contribution in [0.25, 0.3) is 0 Å². The zero-order valence-electron chi connectivity index (χ0n) is 14.3. The zero-order chi connectivity index (χ0) is 18.9. The molecule has 7 nitrogen and oxygen atoms in total. The standard InChI is InChI=1S/C19H19NO6/c1-2-3-4-12-25-18(21)14-6-5-7-15(13-14)19(22)26-17-10-8-16(9-11-17)20(23)24/h5-11,13H,2-4,12H2,1H3. The van der Waals surface area contributed by atoms with E-state index in [0.717, 1.165) is 19.3 Å². The summed E-state index contributed by atoms with van der Waals surface area (Å²) < 4.78 is 10.3. The number of nitro groups is 1.